The van der Waals surface area contributed by atoms with Crippen LogP contribution in [-0.4, -0.2) is 0 Å². The highest BCUT2D eigenvalue weighted by Crippen LogP contribution is 2.50. The van der Waals surface area contributed by atoms with Crippen LogP contribution in [0.4, 0.5) is 0 Å². The van der Waals surface area contributed by atoms with Gasteiger partial charge < -0.3 is 0 Å². The molecular weight excluding hydrogens is 689 g/mol. The molecule has 0 radical (unpaired) electrons. The summed E-state index contributed by atoms with van der Waals surface area (Å²) in [5.74, 6) is 0. The zero-order valence-electron chi connectivity index (χ0n) is 29.1. The molecule has 0 N–H and O–H groups in total. The minimum Gasteiger partial charge on any atom is -0.134 e. The van der Waals surface area contributed by atoms with Crippen molar-refractivity contribution < 1.29 is 0 Å². The molecule has 2 aromatic heterocycles. The van der Waals surface area contributed by atoms with Crippen molar-refractivity contribution in [3.05, 3.63) is 182 Å². The molecule has 2 heteroatoms. The maximum atomic E-state index is 2.45. The molecule has 250 valence electrons. The topological polar surface area (TPSA) is 0 Å². The number of hydrogen-bond acceptors (Lipinski definition) is 2. The fourth-order valence-electron chi connectivity index (χ4n) is 9.11. The van der Waals surface area contributed by atoms with Crippen molar-refractivity contribution in [1.29, 1.82) is 0 Å². The van der Waals surface area contributed by atoms with Crippen LogP contribution in [0.5, 0.6) is 0 Å². The van der Waals surface area contributed by atoms with Crippen LogP contribution in [0.3, 0.4) is 0 Å². The molecule has 0 nitrogen and oxygen atoms in total. The van der Waals surface area contributed by atoms with E-state index in [0.29, 0.717) is 0 Å². The molecule has 0 amide bonds. The standard InChI is InChI=1S/C52H30S2/c1-2-17-35-31(13-1)14-12-25-36(35)48-39-20-5-3-18-37(39)47(38-19-4-6-21-40(38)48)34-16-11-15-32(29-34)33-27-28-46-44(30-33)50-51(53-46)42-23-8-7-22-41(42)49-43-24-9-10-26-45(43)54-52(49)50/h1-30H. The van der Waals surface area contributed by atoms with Crippen molar-refractivity contribution in [2.75, 3.05) is 0 Å². The summed E-state index contributed by atoms with van der Waals surface area (Å²) in [6, 6.07) is 67.6. The Balaban J connectivity index is 1.10. The van der Waals surface area contributed by atoms with Gasteiger partial charge in [-0.05, 0) is 95.3 Å². The molecule has 0 saturated carbocycles. The van der Waals surface area contributed by atoms with Gasteiger partial charge in [0.15, 0.2) is 0 Å². The number of thiophene rings is 2. The van der Waals surface area contributed by atoms with Crippen LogP contribution in [0.2, 0.25) is 0 Å². The normalized spacial score (nSPS) is 12.1. The van der Waals surface area contributed by atoms with Crippen molar-refractivity contribution in [3.8, 4) is 33.4 Å². The van der Waals surface area contributed by atoms with Crippen molar-refractivity contribution in [2.45, 2.75) is 0 Å². The van der Waals surface area contributed by atoms with E-state index >= 15 is 0 Å². The molecule has 54 heavy (non-hydrogen) atoms. The predicted molar refractivity (Wildman–Crippen MR) is 239 cm³/mol. The van der Waals surface area contributed by atoms with Crippen LogP contribution < -0.4 is 0 Å². The molecule has 0 aliphatic heterocycles. The van der Waals surface area contributed by atoms with Crippen LogP contribution in [0.15, 0.2) is 182 Å². The molecule has 12 rings (SSSR count). The zero-order valence-corrected chi connectivity index (χ0v) is 30.8. The molecule has 2 heterocycles. The quantitative estimate of drug-likeness (QED) is 0.160. The van der Waals surface area contributed by atoms with E-state index in [2.05, 4.69) is 182 Å². The fourth-order valence-corrected chi connectivity index (χ4v) is 11.7. The lowest BCUT2D eigenvalue weighted by Crippen LogP contribution is -1.92. The maximum absolute atomic E-state index is 2.45. The second-order valence-electron chi connectivity index (χ2n) is 14.3. The van der Waals surface area contributed by atoms with E-state index in [1.54, 1.807) is 0 Å². The van der Waals surface area contributed by atoms with Crippen LogP contribution >= 0.6 is 22.7 Å². The summed E-state index contributed by atoms with van der Waals surface area (Å²) < 4.78 is 5.46. The van der Waals surface area contributed by atoms with E-state index < -0.39 is 0 Å². The van der Waals surface area contributed by atoms with E-state index in [9.17, 15) is 0 Å². The van der Waals surface area contributed by atoms with Crippen LogP contribution in [0.1, 0.15) is 0 Å². The summed E-state index contributed by atoms with van der Waals surface area (Å²) >= 11 is 3.86. The van der Waals surface area contributed by atoms with Crippen molar-refractivity contribution >= 4 is 106 Å². The Morgan fingerprint density at radius 1 is 0.278 bits per heavy atom. The Bertz CT molecular complexity index is 3440. The molecule has 0 unspecified atom stereocenters. The van der Waals surface area contributed by atoms with Crippen molar-refractivity contribution in [3.63, 3.8) is 0 Å². The van der Waals surface area contributed by atoms with Gasteiger partial charge in [-0.3, -0.25) is 0 Å². The van der Waals surface area contributed by atoms with E-state index in [4.69, 9.17) is 0 Å². The van der Waals surface area contributed by atoms with E-state index in [-0.39, 0.29) is 0 Å². The summed E-state index contributed by atoms with van der Waals surface area (Å²) in [6.07, 6.45) is 0. The lowest BCUT2D eigenvalue weighted by Gasteiger charge is -2.19. The SMILES string of the molecule is c1cc(-c2ccc3sc4c5ccccc5c5c6ccccc6sc5c4c3c2)cc(-c2c3ccccc3c(-c3cccc4ccccc34)c3ccccc23)c1. The van der Waals surface area contributed by atoms with Crippen molar-refractivity contribution in [2.24, 2.45) is 0 Å². The minimum atomic E-state index is 1.23. The summed E-state index contributed by atoms with van der Waals surface area (Å²) in [7, 11) is 0. The van der Waals surface area contributed by atoms with Crippen LogP contribution in [0.25, 0.3) is 117 Å². The first-order valence-electron chi connectivity index (χ1n) is 18.5. The molecule has 0 aliphatic rings. The van der Waals surface area contributed by atoms with Gasteiger partial charge >= 0.3 is 0 Å². The Kier molecular flexibility index (Phi) is 6.48. The summed E-state index contributed by atoms with van der Waals surface area (Å²) in [6.45, 7) is 0. The first-order valence-corrected chi connectivity index (χ1v) is 20.1. The smallest absolute Gasteiger partial charge is 0.0455 e. The third kappa shape index (κ3) is 4.30. The molecule has 0 aliphatic carbocycles. The summed E-state index contributed by atoms with van der Waals surface area (Å²) in [4.78, 5) is 0. The van der Waals surface area contributed by atoms with E-state index in [0.717, 1.165) is 0 Å². The van der Waals surface area contributed by atoms with Gasteiger partial charge in [-0.1, -0.05) is 158 Å². The van der Waals surface area contributed by atoms with Gasteiger partial charge in [-0.2, -0.15) is 0 Å². The predicted octanol–water partition coefficient (Wildman–Crippen LogP) is 16.0. The zero-order chi connectivity index (χ0) is 35.3. The summed E-state index contributed by atoms with van der Waals surface area (Å²) in [5, 5.41) is 15.8. The Labute approximate surface area is 319 Å². The first-order chi connectivity index (χ1) is 26.8. The average Bonchev–Trinajstić information content (AvgIpc) is 3.82. The van der Waals surface area contributed by atoms with Gasteiger partial charge in [-0.25, -0.2) is 0 Å². The van der Waals surface area contributed by atoms with Gasteiger partial charge in [0.25, 0.3) is 0 Å². The van der Waals surface area contributed by atoms with Crippen LogP contribution in [0, 0.1) is 0 Å². The van der Waals surface area contributed by atoms with Gasteiger partial charge in [-0.15, -0.1) is 22.7 Å². The van der Waals surface area contributed by atoms with Gasteiger partial charge in [0.05, 0.1) is 0 Å². The molecule has 0 spiro atoms. The Morgan fingerprint density at radius 2 is 0.815 bits per heavy atom. The molecule has 0 atom stereocenters. The molecule has 0 saturated heterocycles. The monoisotopic (exact) mass is 718 g/mol. The maximum Gasteiger partial charge on any atom is 0.0455 e. The summed E-state index contributed by atoms with van der Waals surface area (Å²) in [5.41, 5.74) is 7.57. The fraction of sp³-hybridized carbons (Fsp3) is 0. The second kappa shape index (κ2) is 11.6. The average molecular weight is 719 g/mol. The Morgan fingerprint density at radius 3 is 1.59 bits per heavy atom. The molecule has 10 aromatic carbocycles. The molecular formula is C52H30S2. The number of benzene rings is 10. The number of hydrogen-bond donors (Lipinski definition) is 0. The highest BCUT2D eigenvalue weighted by atomic mass is 32.1. The van der Waals surface area contributed by atoms with E-state index in [1.807, 2.05) is 22.7 Å². The van der Waals surface area contributed by atoms with E-state index in [1.165, 1.54) is 117 Å². The second-order valence-corrected chi connectivity index (χ2v) is 16.4. The van der Waals surface area contributed by atoms with Gasteiger partial charge in [0, 0.05) is 45.7 Å². The largest absolute Gasteiger partial charge is 0.134 e. The highest BCUT2D eigenvalue weighted by molar-refractivity contribution is 7.30. The van der Waals surface area contributed by atoms with Gasteiger partial charge in [0.2, 0.25) is 0 Å². The molecule has 12 aromatic rings. The van der Waals surface area contributed by atoms with Crippen LogP contribution in [-0.2, 0) is 0 Å². The first kappa shape index (κ1) is 30.2. The third-order valence-electron chi connectivity index (χ3n) is 11.4. The van der Waals surface area contributed by atoms with Gasteiger partial charge in [0.1, 0.15) is 0 Å². The lowest BCUT2D eigenvalue weighted by atomic mass is 9.84. The molecule has 0 fully saturated rings. The lowest BCUT2D eigenvalue weighted by molar-refractivity contribution is 1.63. The highest BCUT2D eigenvalue weighted by Gasteiger charge is 2.20. The van der Waals surface area contributed by atoms with Crippen molar-refractivity contribution in [1.82, 2.24) is 0 Å². The Hall–Kier alpha value is -6.32. The number of fused-ring (bicyclic) bond motifs is 13. The third-order valence-corrected chi connectivity index (χ3v) is 13.8. The molecule has 0 bridgehead atoms. The number of rotatable bonds is 3. The minimum absolute atomic E-state index is 1.23.